The van der Waals surface area contributed by atoms with E-state index >= 15 is 0 Å². The van der Waals surface area contributed by atoms with Crippen molar-refractivity contribution in [2.24, 2.45) is 0 Å². The van der Waals surface area contributed by atoms with E-state index in [-0.39, 0.29) is 35.2 Å². The molecule has 46 heavy (non-hydrogen) atoms. The van der Waals surface area contributed by atoms with Gasteiger partial charge in [-0.15, -0.1) is 0 Å². The second kappa shape index (κ2) is 16.3. The largest absolute Gasteiger partial charge is 0.495 e. The molecule has 10 heteroatoms. The molecule has 242 valence electrons. The SMILES string of the molecule is CCCCNC(=O)[C@H](Cc1ccccc1)N(Cc1ccccc1Cl)C(=O)CN(c1ccccc1OC)S(=O)(=O)c1ccc(C)cc1. The van der Waals surface area contributed by atoms with Crippen LogP contribution >= 0.6 is 11.6 Å². The van der Waals surface area contributed by atoms with Crippen LogP contribution in [-0.2, 0) is 32.6 Å². The molecule has 0 aliphatic rings. The summed E-state index contributed by atoms with van der Waals surface area (Å²) in [4.78, 5) is 29.9. The van der Waals surface area contributed by atoms with Crippen LogP contribution in [0.1, 0.15) is 36.5 Å². The van der Waals surface area contributed by atoms with Crippen molar-refractivity contribution in [1.82, 2.24) is 10.2 Å². The maximum atomic E-state index is 14.6. The molecule has 0 heterocycles. The standard InChI is InChI=1S/C36H40ClN3O5S/c1-4-5-23-38-36(42)33(24-28-13-7-6-8-14-28)39(25-29-15-9-10-16-31(29)37)35(41)26-40(32-17-11-12-18-34(32)45-3)46(43,44)30-21-19-27(2)20-22-30/h6-22,33H,4-5,23-26H2,1-3H3,(H,38,42)/t33-/m0/s1. The lowest BCUT2D eigenvalue weighted by atomic mass is 10.0. The highest BCUT2D eigenvalue weighted by atomic mass is 35.5. The second-order valence-corrected chi connectivity index (χ2v) is 13.2. The van der Waals surface area contributed by atoms with Crippen LogP contribution in [0.3, 0.4) is 0 Å². The number of benzene rings is 4. The predicted molar refractivity (Wildman–Crippen MR) is 183 cm³/mol. The molecular formula is C36H40ClN3O5S. The third-order valence-electron chi connectivity index (χ3n) is 7.64. The quantitative estimate of drug-likeness (QED) is 0.149. The summed E-state index contributed by atoms with van der Waals surface area (Å²) < 4.78 is 35.1. The summed E-state index contributed by atoms with van der Waals surface area (Å²) in [5, 5.41) is 3.42. The minimum atomic E-state index is -4.26. The van der Waals surface area contributed by atoms with Gasteiger partial charge in [-0.25, -0.2) is 8.42 Å². The fourth-order valence-corrected chi connectivity index (χ4v) is 6.68. The van der Waals surface area contributed by atoms with Crippen molar-refractivity contribution in [3.8, 4) is 5.75 Å². The zero-order valence-corrected chi connectivity index (χ0v) is 27.9. The summed E-state index contributed by atoms with van der Waals surface area (Å²) in [6, 6.07) is 28.6. The molecule has 0 aliphatic heterocycles. The topological polar surface area (TPSA) is 96.0 Å². The second-order valence-electron chi connectivity index (χ2n) is 11.0. The Hall–Kier alpha value is -4.34. The molecule has 0 bridgehead atoms. The summed E-state index contributed by atoms with van der Waals surface area (Å²) in [5.74, 6) is -0.627. The van der Waals surface area contributed by atoms with Crippen LogP contribution < -0.4 is 14.4 Å². The number of methoxy groups -OCH3 is 1. The number of para-hydroxylation sites is 2. The summed E-state index contributed by atoms with van der Waals surface area (Å²) in [5.41, 5.74) is 2.57. The lowest BCUT2D eigenvalue weighted by Crippen LogP contribution is -2.53. The van der Waals surface area contributed by atoms with Crippen molar-refractivity contribution in [2.45, 2.75) is 50.6 Å². The van der Waals surface area contributed by atoms with Crippen LogP contribution in [0.15, 0.2) is 108 Å². The minimum absolute atomic E-state index is 0.0124. The highest BCUT2D eigenvalue weighted by Gasteiger charge is 2.35. The van der Waals surface area contributed by atoms with Gasteiger partial charge in [0.1, 0.15) is 18.3 Å². The predicted octanol–water partition coefficient (Wildman–Crippen LogP) is 6.41. The molecule has 4 rings (SSSR count). The molecule has 0 saturated carbocycles. The highest BCUT2D eigenvalue weighted by Crippen LogP contribution is 2.33. The number of halogens is 1. The zero-order valence-electron chi connectivity index (χ0n) is 26.4. The fourth-order valence-electron chi connectivity index (χ4n) is 5.06. The van der Waals surface area contributed by atoms with E-state index in [9.17, 15) is 18.0 Å². The first kappa shape index (κ1) is 34.5. The number of ether oxygens (including phenoxy) is 1. The van der Waals surface area contributed by atoms with E-state index in [0.29, 0.717) is 17.1 Å². The number of nitrogens with zero attached hydrogens (tertiary/aromatic N) is 2. The van der Waals surface area contributed by atoms with Gasteiger partial charge in [0, 0.05) is 24.5 Å². The number of amides is 2. The normalized spacial score (nSPS) is 11.8. The number of hydrogen-bond acceptors (Lipinski definition) is 5. The average molecular weight is 662 g/mol. The molecule has 4 aromatic carbocycles. The van der Waals surface area contributed by atoms with Gasteiger partial charge in [0.15, 0.2) is 0 Å². The fraction of sp³-hybridized carbons (Fsp3) is 0.278. The number of sulfonamides is 1. The average Bonchev–Trinajstić information content (AvgIpc) is 3.06. The van der Waals surface area contributed by atoms with Crippen molar-refractivity contribution in [3.05, 3.63) is 125 Å². The van der Waals surface area contributed by atoms with E-state index in [4.69, 9.17) is 16.3 Å². The number of hydrogen-bond donors (Lipinski definition) is 1. The van der Waals surface area contributed by atoms with Gasteiger partial charge in [-0.1, -0.05) is 103 Å². The number of aryl methyl sites for hydroxylation is 1. The summed E-state index contributed by atoms with van der Waals surface area (Å²) in [6.07, 6.45) is 1.88. The summed E-state index contributed by atoms with van der Waals surface area (Å²) >= 11 is 6.57. The van der Waals surface area contributed by atoms with Crippen LogP contribution in [0.5, 0.6) is 5.75 Å². The Balaban J connectivity index is 1.82. The van der Waals surface area contributed by atoms with Gasteiger partial charge in [0.2, 0.25) is 11.8 Å². The molecule has 1 N–H and O–H groups in total. The van der Waals surface area contributed by atoms with Crippen molar-refractivity contribution in [2.75, 3.05) is 24.5 Å². The van der Waals surface area contributed by atoms with Gasteiger partial charge in [-0.05, 0) is 54.8 Å². The maximum absolute atomic E-state index is 14.6. The Labute approximate surface area is 277 Å². The van der Waals surface area contributed by atoms with E-state index in [2.05, 4.69) is 5.32 Å². The van der Waals surface area contributed by atoms with Crippen molar-refractivity contribution >= 4 is 39.1 Å². The monoisotopic (exact) mass is 661 g/mol. The van der Waals surface area contributed by atoms with Gasteiger partial charge in [0.05, 0.1) is 17.7 Å². The van der Waals surface area contributed by atoms with Crippen LogP contribution in [0.2, 0.25) is 5.02 Å². The molecular weight excluding hydrogens is 622 g/mol. The van der Waals surface area contributed by atoms with E-state index in [0.717, 1.165) is 28.3 Å². The Bertz CT molecular complexity index is 1720. The molecule has 0 radical (unpaired) electrons. The molecule has 0 spiro atoms. The van der Waals surface area contributed by atoms with Gasteiger partial charge in [-0.3, -0.25) is 13.9 Å². The molecule has 0 aliphatic carbocycles. The third kappa shape index (κ3) is 8.68. The Kier molecular flexibility index (Phi) is 12.2. The first-order valence-electron chi connectivity index (χ1n) is 15.2. The maximum Gasteiger partial charge on any atom is 0.264 e. The Morgan fingerprint density at radius 3 is 2.22 bits per heavy atom. The van der Waals surface area contributed by atoms with Crippen LogP contribution in [0.4, 0.5) is 5.69 Å². The van der Waals surface area contributed by atoms with E-state index in [1.54, 1.807) is 60.7 Å². The van der Waals surface area contributed by atoms with Crippen molar-refractivity contribution in [3.63, 3.8) is 0 Å². The lowest BCUT2D eigenvalue weighted by molar-refractivity contribution is -0.140. The summed E-state index contributed by atoms with van der Waals surface area (Å²) in [6.45, 7) is 3.74. The molecule has 2 amide bonds. The van der Waals surface area contributed by atoms with Gasteiger partial charge in [-0.2, -0.15) is 0 Å². The Morgan fingerprint density at radius 1 is 0.891 bits per heavy atom. The molecule has 0 aromatic heterocycles. The number of nitrogens with one attached hydrogen (secondary N) is 1. The van der Waals surface area contributed by atoms with Crippen LogP contribution in [0.25, 0.3) is 0 Å². The van der Waals surface area contributed by atoms with Crippen LogP contribution in [0, 0.1) is 6.92 Å². The minimum Gasteiger partial charge on any atom is -0.495 e. The van der Waals surface area contributed by atoms with Crippen molar-refractivity contribution in [1.29, 1.82) is 0 Å². The number of carbonyl (C=O) groups is 2. The highest BCUT2D eigenvalue weighted by molar-refractivity contribution is 7.92. The molecule has 8 nitrogen and oxygen atoms in total. The zero-order chi connectivity index (χ0) is 33.1. The molecule has 4 aromatic rings. The molecule has 1 atom stereocenters. The molecule has 0 unspecified atom stereocenters. The number of rotatable bonds is 15. The first-order chi connectivity index (χ1) is 22.1. The number of carbonyl (C=O) groups excluding carboxylic acids is 2. The van der Waals surface area contributed by atoms with Crippen LogP contribution in [-0.4, -0.2) is 51.4 Å². The van der Waals surface area contributed by atoms with Gasteiger partial charge < -0.3 is 15.0 Å². The van der Waals surface area contributed by atoms with Gasteiger partial charge >= 0.3 is 0 Å². The molecule has 0 fully saturated rings. The number of unbranched alkanes of at least 4 members (excludes halogenated alkanes) is 1. The van der Waals surface area contributed by atoms with Gasteiger partial charge in [0.25, 0.3) is 10.0 Å². The Morgan fingerprint density at radius 2 is 1.54 bits per heavy atom. The van der Waals surface area contributed by atoms with E-state index in [1.165, 1.54) is 24.1 Å². The van der Waals surface area contributed by atoms with E-state index in [1.807, 2.05) is 44.2 Å². The summed E-state index contributed by atoms with van der Waals surface area (Å²) in [7, 11) is -2.81. The third-order valence-corrected chi connectivity index (χ3v) is 9.78. The number of anilines is 1. The molecule has 0 saturated heterocycles. The lowest BCUT2D eigenvalue weighted by Gasteiger charge is -2.34. The first-order valence-corrected chi connectivity index (χ1v) is 17.0. The smallest absolute Gasteiger partial charge is 0.264 e. The van der Waals surface area contributed by atoms with E-state index < -0.39 is 28.5 Å². The van der Waals surface area contributed by atoms with Crippen molar-refractivity contribution < 1.29 is 22.7 Å².